The lowest BCUT2D eigenvalue weighted by molar-refractivity contribution is 0.0701. The van der Waals surface area contributed by atoms with Gasteiger partial charge in [-0.25, -0.2) is 9.78 Å². The molecule has 0 saturated heterocycles. The van der Waals surface area contributed by atoms with Gasteiger partial charge < -0.3 is 10.4 Å². The minimum Gasteiger partial charge on any atom is -0.477 e. The molecule has 2 heterocycles. The number of aromatic nitrogens is 2. The lowest BCUT2D eigenvalue weighted by atomic mass is 10.3. The summed E-state index contributed by atoms with van der Waals surface area (Å²) in [7, 11) is 0. The third kappa shape index (κ3) is 3.84. The molecule has 0 aliphatic rings. The van der Waals surface area contributed by atoms with Crippen molar-refractivity contribution >= 4 is 17.3 Å². The van der Waals surface area contributed by atoms with Crippen molar-refractivity contribution in [3.05, 3.63) is 45.7 Å². The lowest BCUT2D eigenvalue weighted by Crippen LogP contribution is -2.16. The summed E-state index contributed by atoms with van der Waals surface area (Å²) in [4.78, 5) is 19.5. The van der Waals surface area contributed by atoms with E-state index in [1.807, 2.05) is 18.3 Å². The first-order valence-electron chi connectivity index (χ1n) is 5.96. The fourth-order valence-electron chi connectivity index (χ4n) is 1.69. The van der Waals surface area contributed by atoms with Crippen molar-refractivity contribution in [2.24, 2.45) is 0 Å². The first kappa shape index (κ1) is 13.6. The van der Waals surface area contributed by atoms with E-state index in [2.05, 4.69) is 15.3 Å². The number of rotatable bonds is 6. The molecule has 2 rings (SSSR count). The third-order valence-corrected chi connectivity index (χ3v) is 3.81. The summed E-state index contributed by atoms with van der Waals surface area (Å²) in [6, 6.07) is 3.91. The summed E-state index contributed by atoms with van der Waals surface area (Å²) in [6.07, 6.45) is 4.30. The van der Waals surface area contributed by atoms with E-state index in [0.717, 1.165) is 30.1 Å². The van der Waals surface area contributed by atoms with E-state index in [-0.39, 0.29) is 0 Å². The Morgan fingerprint density at radius 3 is 3.00 bits per heavy atom. The van der Waals surface area contributed by atoms with Crippen molar-refractivity contribution in [3.8, 4) is 0 Å². The van der Waals surface area contributed by atoms with E-state index >= 15 is 0 Å². The first-order chi connectivity index (χ1) is 9.16. The normalized spacial score (nSPS) is 10.6. The molecule has 0 aromatic carbocycles. The van der Waals surface area contributed by atoms with E-state index < -0.39 is 5.97 Å². The summed E-state index contributed by atoms with van der Waals surface area (Å²) >= 11 is 1.25. The second-order valence-electron chi connectivity index (χ2n) is 4.12. The van der Waals surface area contributed by atoms with Gasteiger partial charge in [-0.1, -0.05) is 6.07 Å². The molecular weight excluding hydrogens is 262 g/mol. The number of hydrogen-bond donors (Lipinski definition) is 2. The van der Waals surface area contributed by atoms with Crippen LogP contribution in [0, 0.1) is 6.92 Å². The van der Waals surface area contributed by atoms with Crippen LogP contribution in [0.1, 0.15) is 25.9 Å². The quantitative estimate of drug-likeness (QED) is 0.788. The van der Waals surface area contributed by atoms with Gasteiger partial charge in [0.05, 0.1) is 10.7 Å². The molecule has 0 spiro atoms. The van der Waals surface area contributed by atoms with Gasteiger partial charge in [-0.3, -0.25) is 4.98 Å². The largest absolute Gasteiger partial charge is 0.477 e. The number of aromatic carboxylic acids is 1. The van der Waals surface area contributed by atoms with Crippen molar-refractivity contribution in [1.82, 2.24) is 15.3 Å². The molecule has 0 unspecified atom stereocenters. The van der Waals surface area contributed by atoms with E-state index in [1.54, 1.807) is 13.1 Å². The molecule has 2 aromatic rings. The number of carboxylic acids is 1. The van der Waals surface area contributed by atoms with Crippen LogP contribution < -0.4 is 5.32 Å². The number of pyridine rings is 1. The number of aryl methyl sites for hydroxylation is 1. The van der Waals surface area contributed by atoms with Crippen LogP contribution in [0.2, 0.25) is 0 Å². The third-order valence-electron chi connectivity index (χ3n) is 2.60. The van der Waals surface area contributed by atoms with Crippen LogP contribution in [0.4, 0.5) is 0 Å². The maximum absolute atomic E-state index is 10.9. The number of hydrogen-bond acceptors (Lipinski definition) is 5. The number of thiazole rings is 1. The highest BCUT2D eigenvalue weighted by molar-refractivity contribution is 7.13. The molecule has 5 nitrogen and oxygen atoms in total. The van der Waals surface area contributed by atoms with Gasteiger partial charge in [0.1, 0.15) is 4.88 Å². The van der Waals surface area contributed by atoms with E-state index in [9.17, 15) is 4.79 Å². The van der Waals surface area contributed by atoms with Crippen molar-refractivity contribution in [3.63, 3.8) is 0 Å². The zero-order chi connectivity index (χ0) is 13.7. The molecule has 0 aliphatic carbocycles. The van der Waals surface area contributed by atoms with Crippen molar-refractivity contribution in [2.45, 2.75) is 19.9 Å². The van der Waals surface area contributed by atoms with Gasteiger partial charge in [-0.15, -0.1) is 11.3 Å². The smallest absolute Gasteiger partial charge is 0.347 e. The number of carboxylic acid groups (broad SMARTS) is 1. The molecule has 2 N–H and O–H groups in total. The van der Waals surface area contributed by atoms with Crippen LogP contribution in [0.5, 0.6) is 0 Å². The molecule has 0 fully saturated rings. The molecule has 2 aromatic heterocycles. The average molecular weight is 277 g/mol. The van der Waals surface area contributed by atoms with Crippen LogP contribution >= 0.6 is 11.3 Å². The van der Waals surface area contributed by atoms with Crippen LogP contribution in [-0.2, 0) is 13.0 Å². The maximum Gasteiger partial charge on any atom is 0.347 e. The van der Waals surface area contributed by atoms with Crippen LogP contribution in [0.15, 0.2) is 24.5 Å². The van der Waals surface area contributed by atoms with Gasteiger partial charge in [-0.05, 0) is 18.6 Å². The highest BCUT2D eigenvalue weighted by atomic mass is 32.1. The molecule has 0 atom stereocenters. The Labute approximate surface area is 115 Å². The standard InChI is InChI=1S/C13H15N3O2S/c1-9-12(13(17)18)19-11(16-9)4-6-15-8-10-3-2-5-14-7-10/h2-3,5,7,15H,4,6,8H2,1H3,(H,17,18). The van der Waals surface area contributed by atoms with Gasteiger partial charge in [0.25, 0.3) is 0 Å². The summed E-state index contributed by atoms with van der Waals surface area (Å²) in [6.45, 7) is 3.25. The fourth-order valence-corrected chi connectivity index (χ4v) is 2.59. The number of nitrogens with one attached hydrogen (secondary N) is 1. The second kappa shape index (κ2) is 6.40. The zero-order valence-electron chi connectivity index (χ0n) is 10.6. The van der Waals surface area contributed by atoms with Crippen LogP contribution in [-0.4, -0.2) is 27.6 Å². The summed E-state index contributed by atoms with van der Waals surface area (Å²) < 4.78 is 0. The Morgan fingerprint density at radius 2 is 2.37 bits per heavy atom. The molecule has 0 amide bonds. The van der Waals surface area contributed by atoms with E-state index in [1.165, 1.54) is 11.3 Å². The Bertz CT molecular complexity index is 554. The molecule has 6 heteroatoms. The highest BCUT2D eigenvalue weighted by Gasteiger charge is 2.13. The summed E-state index contributed by atoms with van der Waals surface area (Å²) in [5.41, 5.74) is 1.73. The predicted octanol–water partition coefficient (Wildman–Crippen LogP) is 1.88. The Hall–Kier alpha value is -1.79. The number of nitrogens with zero attached hydrogens (tertiary/aromatic N) is 2. The predicted molar refractivity (Wildman–Crippen MR) is 73.5 cm³/mol. The Kier molecular flexibility index (Phi) is 4.59. The van der Waals surface area contributed by atoms with Gasteiger partial charge in [-0.2, -0.15) is 0 Å². The van der Waals surface area contributed by atoms with Gasteiger partial charge in [0.2, 0.25) is 0 Å². The molecule has 0 saturated carbocycles. The summed E-state index contributed by atoms with van der Waals surface area (Å²) in [5, 5.41) is 13.1. The monoisotopic (exact) mass is 277 g/mol. The van der Waals surface area contributed by atoms with Crippen LogP contribution in [0.3, 0.4) is 0 Å². The molecule has 100 valence electrons. The van der Waals surface area contributed by atoms with Crippen molar-refractivity contribution < 1.29 is 9.90 Å². The molecule has 19 heavy (non-hydrogen) atoms. The van der Waals surface area contributed by atoms with E-state index in [4.69, 9.17) is 5.11 Å². The van der Waals surface area contributed by atoms with Crippen LogP contribution in [0.25, 0.3) is 0 Å². The first-order valence-corrected chi connectivity index (χ1v) is 6.77. The Morgan fingerprint density at radius 1 is 1.53 bits per heavy atom. The topological polar surface area (TPSA) is 75.1 Å². The van der Waals surface area contributed by atoms with Gasteiger partial charge in [0.15, 0.2) is 0 Å². The second-order valence-corrected chi connectivity index (χ2v) is 5.20. The fraction of sp³-hybridized carbons (Fsp3) is 0.308. The highest BCUT2D eigenvalue weighted by Crippen LogP contribution is 2.18. The molecule has 0 radical (unpaired) electrons. The SMILES string of the molecule is Cc1nc(CCNCc2cccnc2)sc1C(=O)O. The molecule has 0 bridgehead atoms. The van der Waals surface area contributed by atoms with Crippen molar-refractivity contribution in [2.75, 3.05) is 6.54 Å². The number of carbonyl (C=O) groups is 1. The van der Waals surface area contributed by atoms with Gasteiger partial charge in [0, 0.05) is 31.9 Å². The lowest BCUT2D eigenvalue weighted by Gasteiger charge is -2.02. The zero-order valence-corrected chi connectivity index (χ0v) is 11.4. The molecule has 0 aliphatic heterocycles. The summed E-state index contributed by atoms with van der Waals surface area (Å²) in [5.74, 6) is -0.899. The maximum atomic E-state index is 10.9. The Balaban J connectivity index is 1.80. The minimum atomic E-state index is -0.899. The molecular formula is C13H15N3O2S. The van der Waals surface area contributed by atoms with Gasteiger partial charge >= 0.3 is 5.97 Å². The minimum absolute atomic E-state index is 0.335. The van der Waals surface area contributed by atoms with E-state index in [0.29, 0.717) is 10.6 Å². The van der Waals surface area contributed by atoms with Crippen molar-refractivity contribution in [1.29, 1.82) is 0 Å². The average Bonchev–Trinajstić information content (AvgIpc) is 2.77.